The first-order chi connectivity index (χ1) is 14.2. The molecular formula is C23H28N4OS. The van der Waals surface area contributed by atoms with E-state index in [1.165, 1.54) is 48.4 Å². The van der Waals surface area contributed by atoms with E-state index in [1.54, 1.807) is 18.7 Å². The fourth-order valence-electron chi connectivity index (χ4n) is 4.22. The van der Waals surface area contributed by atoms with Crippen molar-refractivity contribution in [3.63, 3.8) is 0 Å². The second kappa shape index (κ2) is 9.44. The first kappa shape index (κ1) is 20.0. The highest BCUT2D eigenvalue weighted by Gasteiger charge is 2.23. The van der Waals surface area contributed by atoms with Crippen LogP contribution < -0.4 is 5.32 Å². The third-order valence-electron chi connectivity index (χ3n) is 5.61. The number of rotatable bonds is 7. The smallest absolute Gasteiger partial charge is 0.216 e. The van der Waals surface area contributed by atoms with Crippen LogP contribution in [-0.4, -0.2) is 33.0 Å². The zero-order valence-corrected chi connectivity index (χ0v) is 17.8. The zero-order valence-electron chi connectivity index (χ0n) is 16.9. The van der Waals surface area contributed by atoms with Gasteiger partial charge in [-0.3, -0.25) is 4.79 Å². The molecule has 0 bridgehead atoms. The van der Waals surface area contributed by atoms with Crippen molar-refractivity contribution in [2.45, 2.75) is 56.6 Å². The van der Waals surface area contributed by atoms with Gasteiger partial charge in [0.15, 0.2) is 5.16 Å². The van der Waals surface area contributed by atoms with Gasteiger partial charge < -0.3 is 9.88 Å². The Morgan fingerprint density at radius 3 is 2.72 bits per heavy atom. The average molecular weight is 409 g/mol. The summed E-state index contributed by atoms with van der Waals surface area (Å²) in [6.45, 7) is 2.20. The normalized spacial score (nSPS) is 14.9. The molecule has 4 rings (SSSR count). The van der Waals surface area contributed by atoms with Crippen LogP contribution in [0.4, 0.5) is 0 Å². The Hall–Kier alpha value is -2.34. The first-order valence-corrected chi connectivity index (χ1v) is 11.5. The lowest BCUT2D eigenvalue weighted by Gasteiger charge is -2.25. The van der Waals surface area contributed by atoms with E-state index in [1.807, 2.05) is 0 Å². The van der Waals surface area contributed by atoms with E-state index in [4.69, 9.17) is 0 Å². The van der Waals surface area contributed by atoms with Crippen molar-refractivity contribution < 1.29 is 4.79 Å². The maximum Gasteiger partial charge on any atom is 0.216 e. The summed E-state index contributed by atoms with van der Waals surface area (Å²) >= 11 is 1.69. The van der Waals surface area contributed by atoms with Gasteiger partial charge in [0, 0.05) is 31.7 Å². The van der Waals surface area contributed by atoms with E-state index < -0.39 is 0 Å². The molecule has 0 aliphatic heterocycles. The van der Waals surface area contributed by atoms with Crippen molar-refractivity contribution in [1.29, 1.82) is 0 Å². The number of benzene rings is 2. The van der Waals surface area contributed by atoms with Crippen LogP contribution >= 0.6 is 11.8 Å². The Balaban J connectivity index is 1.60. The van der Waals surface area contributed by atoms with Crippen molar-refractivity contribution in [2.24, 2.45) is 0 Å². The van der Waals surface area contributed by atoms with Gasteiger partial charge in [-0.2, -0.15) is 0 Å². The second-order valence-electron chi connectivity index (χ2n) is 7.71. The summed E-state index contributed by atoms with van der Waals surface area (Å²) in [5.74, 6) is 1.87. The van der Waals surface area contributed by atoms with Crippen molar-refractivity contribution in [1.82, 2.24) is 20.1 Å². The predicted octanol–water partition coefficient (Wildman–Crippen LogP) is 4.76. The lowest BCUT2D eigenvalue weighted by molar-refractivity contribution is -0.118. The number of thioether (sulfide) groups is 1. The van der Waals surface area contributed by atoms with E-state index in [-0.39, 0.29) is 5.91 Å². The number of nitrogens with zero attached hydrogens (tertiary/aromatic N) is 3. The summed E-state index contributed by atoms with van der Waals surface area (Å²) < 4.78 is 2.39. The molecule has 0 unspecified atom stereocenters. The summed E-state index contributed by atoms with van der Waals surface area (Å²) in [6.07, 6.45) is 7.04. The van der Waals surface area contributed by atoms with Crippen LogP contribution in [0, 0.1) is 0 Å². The zero-order chi connectivity index (χ0) is 20.1. The van der Waals surface area contributed by atoms with E-state index in [9.17, 15) is 4.79 Å². The number of amides is 1. The summed E-state index contributed by atoms with van der Waals surface area (Å²) in [7, 11) is 0. The number of nitrogens with one attached hydrogen (secondary N) is 1. The number of aromatic nitrogens is 3. The van der Waals surface area contributed by atoms with Crippen LogP contribution in [0.1, 0.15) is 56.5 Å². The van der Waals surface area contributed by atoms with E-state index in [0.717, 1.165) is 23.2 Å². The molecule has 1 aromatic heterocycles. The molecule has 1 aliphatic rings. The third-order valence-corrected chi connectivity index (χ3v) is 6.56. The second-order valence-corrected chi connectivity index (χ2v) is 8.77. The minimum Gasteiger partial charge on any atom is -0.356 e. The highest BCUT2D eigenvalue weighted by molar-refractivity contribution is 7.99. The van der Waals surface area contributed by atoms with Crippen LogP contribution in [0.15, 0.2) is 47.6 Å². The molecule has 2 aromatic carbocycles. The lowest BCUT2D eigenvalue weighted by Crippen LogP contribution is -2.22. The standard InChI is InChI=1S/C23H28N4OS/c1-17(28)24-14-15-29-23-26-25-22(27(23)20-11-3-2-4-12-20)16-19-10-7-9-18-8-5-6-13-21(18)19/h5-10,13,20H,2-4,11-12,14-16H2,1H3,(H,24,28). The molecule has 1 amide bonds. The van der Waals surface area contributed by atoms with Crippen LogP contribution in [0.3, 0.4) is 0 Å². The predicted molar refractivity (Wildman–Crippen MR) is 118 cm³/mol. The van der Waals surface area contributed by atoms with Gasteiger partial charge in [-0.25, -0.2) is 0 Å². The third kappa shape index (κ3) is 4.81. The van der Waals surface area contributed by atoms with Gasteiger partial charge >= 0.3 is 0 Å². The molecule has 152 valence electrons. The van der Waals surface area contributed by atoms with Gasteiger partial charge in [0.2, 0.25) is 5.91 Å². The molecule has 0 spiro atoms. The van der Waals surface area contributed by atoms with Crippen molar-refractivity contribution in [3.05, 3.63) is 53.9 Å². The molecule has 1 saturated carbocycles. The Morgan fingerprint density at radius 1 is 1.10 bits per heavy atom. The highest BCUT2D eigenvalue weighted by atomic mass is 32.2. The summed E-state index contributed by atoms with van der Waals surface area (Å²) in [6, 6.07) is 15.5. The molecule has 0 saturated heterocycles. The largest absolute Gasteiger partial charge is 0.356 e. The molecule has 5 nitrogen and oxygen atoms in total. The minimum absolute atomic E-state index is 0.0102. The lowest BCUT2D eigenvalue weighted by atomic mass is 9.95. The van der Waals surface area contributed by atoms with Crippen molar-refractivity contribution in [3.8, 4) is 0 Å². The number of hydrogen-bond donors (Lipinski definition) is 1. The molecule has 6 heteroatoms. The fraction of sp³-hybridized carbons (Fsp3) is 0.435. The molecule has 1 N–H and O–H groups in total. The molecule has 1 aliphatic carbocycles. The molecule has 0 radical (unpaired) electrons. The average Bonchev–Trinajstić information content (AvgIpc) is 3.14. The van der Waals surface area contributed by atoms with Gasteiger partial charge in [-0.15, -0.1) is 10.2 Å². The first-order valence-electron chi connectivity index (χ1n) is 10.5. The van der Waals surface area contributed by atoms with E-state index >= 15 is 0 Å². The molecule has 0 atom stereocenters. The molecule has 3 aromatic rings. The van der Waals surface area contributed by atoms with Crippen molar-refractivity contribution in [2.75, 3.05) is 12.3 Å². The maximum absolute atomic E-state index is 11.1. The molecule has 1 fully saturated rings. The Bertz CT molecular complexity index is 973. The van der Waals surface area contributed by atoms with Gasteiger partial charge in [-0.1, -0.05) is 73.5 Å². The monoisotopic (exact) mass is 408 g/mol. The SMILES string of the molecule is CC(=O)NCCSc1nnc(Cc2cccc3ccccc23)n1C1CCCCC1. The maximum atomic E-state index is 11.1. The number of carbonyl (C=O) groups excluding carboxylic acids is 1. The minimum atomic E-state index is 0.0102. The molecule has 1 heterocycles. The number of fused-ring (bicyclic) bond motifs is 1. The van der Waals surface area contributed by atoms with Crippen LogP contribution in [0.2, 0.25) is 0 Å². The summed E-state index contributed by atoms with van der Waals surface area (Å²) in [5, 5.41) is 15.6. The van der Waals surface area contributed by atoms with Crippen LogP contribution in [0.5, 0.6) is 0 Å². The Labute approximate surface area is 176 Å². The molecular weight excluding hydrogens is 380 g/mol. The topological polar surface area (TPSA) is 59.8 Å². The number of carbonyl (C=O) groups is 1. The highest BCUT2D eigenvalue weighted by Crippen LogP contribution is 2.33. The van der Waals surface area contributed by atoms with Crippen LogP contribution in [-0.2, 0) is 11.2 Å². The Morgan fingerprint density at radius 2 is 1.90 bits per heavy atom. The summed E-state index contributed by atoms with van der Waals surface area (Å²) in [5.41, 5.74) is 1.29. The van der Waals surface area contributed by atoms with Gasteiger partial charge in [0.05, 0.1) is 0 Å². The quantitative estimate of drug-likeness (QED) is 0.452. The van der Waals surface area contributed by atoms with E-state index in [0.29, 0.717) is 12.6 Å². The molecule has 29 heavy (non-hydrogen) atoms. The van der Waals surface area contributed by atoms with Crippen molar-refractivity contribution >= 4 is 28.4 Å². The van der Waals surface area contributed by atoms with Gasteiger partial charge in [-0.05, 0) is 29.2 Å². The fourth-order valence-corrected chi connectivity index (χ4v) is 5.10. The number of hydrogen-bond acceptors (Lipinski definition) is 4. The Kier molecular flexibility index (Phi) is 6.49. The van der Waals surface area contributed by atoms with Gasteiger partial charge in [0.1, 0.15) is 5.82 Å². The van der Waals surface area contributed by atoms with E-state index in [2.05, 4.69) is 62.5 Å². The van der Waals surface area contributed by atoms with Crippen LogP contribution in [0.25, 0.3) is 10.8 Å². The summed E-state index contributed by atoms with van der Waals surface area (Å²) in [4.78, 5) is 11.1. The van der Waals surface area contributed by atoms with Gasteiger partial charge in [0.25, 0.3) is 0 Å².